The third kappa shape index (κ3) is 3.72. The van der Waals surface area contributed by atoms with Crippen molar-refractivity contribution in [2.24, 2.45) is 10.4 Å². The van der Waals surface area contributed by atoms with Gasteiger partial charge in [0.25, 0.3) is 10.1 Å². The van der Waals surface area contributed by atoms with Crippen molar-refractivity contribution in [2.75, 3.05) is 0 Å². The van der Waals surface area contributed by atoms with E-state index in [4.69, 9.17) is 0 Å². The number of benzene rings is 3. The van der Waals surface area contributed by atoms with Gasteiger partial charge >= 0.3 is 10.1 Å². The van der Waals surface area contributed by atoms with Gasteiger partial charge in [0, 0.05) is 10.7 Å². The molecule has 0 saturated carbocycles. The lowest BCUT2D eigenvalue weighted by Gasteiger charge is -2.09. The lowest BCUT2D eigenvalue weighted by molar-refractivity contribution is 0.313. The molecule has 0 aromatic heterocycles. The van der Waals surface area contributed by atoms with Crippen LogP contribution < -0.4 is 0 Å². The van der Waals surface area contributed by atoms with Gasteiger partial charge in [0.1, 0.15) is 9.79 Å². The second-order valence-electron chi connectivity index (χ2n) is 5.13. The van der Waals surface area contributed by atoms with Crippen LogP contribution in [0.1, 0.15) is 0 Å². The molecule has 0 amide bonds. The first-order chi connectivity index (χ1) is 12.3. The van der Waals surface area contributed by atoms with Crippen molar-refractivity contribution in [2.45, 2.75) is 9.79 Å². The van der Waals surface area contributed by atoms with E-state index in [2.05, 4.69) is 14.7 Å². The Labute approximate surface area is 149 Å². The van der Waals surface area contributed by atoms with Gasteiger partial charge in [-0.1, -0.05) is 48.5 Å². The van der Waals surface area contributed by atoms with E-state index in [1.165, 1.54) is 18.2 Å². The van der Waals surface area contributed by atoms with Crippen LogP contribution in [0, 0.1) is 0 Å². The highest BCUT2D eigenvalue weighted by molar-refractivity contribution is 7.89. The molecule has 0 atom stereocenters. The van der Waals surface area contributed by atoms with Crippen molar-refractivity contribution in [1.29, 1.82) is 0 Å². The van der Waals surface area contributed by atoms with Crippen molar-refractivity contribution < 1.29 is 25.7 Å². The zero-order valence-corrected chi connectivity index (χ0v) is 14.7. The van der Waals surface area contributed by atoms with Gasteiger partial charge in [-0.05, 0) is 23.6 Å². The third-order valence-electron chi connectivity index (χ3n) is 3.42. The molecule has 0 fully saturated rings. The molecule has 0 spiro atoms. The van der Waals surface area contributed by atoms with E-state index in [1.54, 1.807) is 42.5 Å². The number of nitrogens with zero attached hydrogens (tertiary/aromatic N) is 2. The van der Waals surface area contributed by atoms with Gasteiger partial charge in [-0.2, -0.15) is 16.8 Å². The van der Waals surface area contributed by atoms with E-state index in [1.807, 2.05) is 0 Å². The average molecular weight is 392 g/mol. The maximum absolute atomic E-state index is 12.6. The van der Waals surface area contributed by atoms with Crippen LogP contribution in [0.5, 0.6) is 0 Å². The summed E-state index contributed by atoms with van der Waals surface area (Å²) in [5.41, 5.74) is 0.343. The first-order valence-corrected chi connectivity index (χ1v) is 10.0. The van der Waals surface area contributed by atoms with Gasteiger partial charge in [-0.25, -0.2) is 4.28 Å². The molecule has 0 aliphatic carbocycles. The van der Waals surface area contributed by atoms with Crippen molar-refractivity contribution >= 4 is 36.7 Å². The molecule has 3 rings (SSSR count). The summed E-state index contributed by atoms with van der Waals surface area (Å²) in [5.74, 6) is 0. The second-order valence-corrected chi connectivity index (χ2v) is 7.99. The fourth-order valence-electron chi connectivity index (χ4n) is 2.32. The molecular weight excluding hydrogens is 380 g/mol. The van der Waals surface area contributed by atoms with Crippen molar-refractivity contribution in [3.8, 4) is 0 Å². The molecular formula is C16H12N2O6S2. The molecule has 134 valence electrons. The highest BCUT2D eigenvalue weighted by Gasteiger charge is 2.29. The van der Waals surface area contributed by atoms with Crippen LogP contribution in [0.15, 0.2) is 86.9 Å². The zero-order chi connectivity index (χ0) is 18.8. The molecule has 0 bridgehead atoms. The monoisotopic (exact) mass is 392 g/mol. The molecule has 0 radical (unpaired) electrons. The molecule has 26 heavy (non-hydrogen) atoms. The minimum atomic E-state index is -4.82. The number of hydrogen-bond acceptors (Lipinski definition) is 7. The molecule has 1 N–H and O–H groups in total. The standard InChI is InChI=1S/C16H12N2O6S2/c19-25(20,21)15-11-10-12-6-4-5-9-14(12)16(15)26(22,23)24-18-17-13-7-2-1-3-8-13/h1-11H,(H,19,20,21). The normalized spacial score (nSPS) is 12.5. The Morgan fingerprint density at radius 3 is 2.15 bits per heavy atom. The minimum absolute atomic E-state index is 0.0672. The van der Waals surface area contributed by atoms with E-state index in [-0.39, 0.29) is 5.39 Å². The minimum Gasteiger partial charge on any atom is -0.282 e. The number of hydrogen-bond donors (Lipinski definition) is 1. The summed E-state index contributed by atoms with van der Waals surface area (Å²) in [4.78, 5) is -1.50. The fraction of sp³-hybridized carbons (Fsp3) is 0. The SMILES string of the molecule is O=S(=O)(O)c1ccc2ccccc2c1S(=O)(=O)ON=Nc1ccccc1. The summed E-state index contributed by atoms with van der Waals surface area (Å²) in [5, 5.41) is 7.29. The quantitative estimate of drug-likeness (QED) is 0.403. The van der Waals surface area contributed by atoms with Crippen LogP contribution in [0.2, 0.25) is 0 Å². The van der Waals surface area contributed by atoms with Gasteiger partial charge in [0.15, 0.2) is 0 Å². The molecule has 0 heterocycles. The Kier molecular flexibility index (Phi) is 4.72. The Morgan fingerprint density at radius 2 is 1.46 bits per heavy atom. The summed E-state index contributed by atoms with van der Waals surface area (Å²) in [6.45, 7) is 0. The van der Waals surface area contributed by atoms with Crippen LogP contribution in [-0.4, -0.2) is 21.4 Å². The summed E-state index contributed by atoms with van der Waals surface area (Å²) < 4.78 is 62.3. The maximum atomic E-state index is 12.6. The van der Waals surface area contributed by atoms with Crippen molar-refractivity contribution in [1.82, 2.24) is 0 Å². The van der Waals surface area contributed by atoms with Crippen molar-refractivity contribution in [3.05, 3.63) is 66.7 Å². The first-order valence-electron chi connectivity index (χ1n) is 7.18. The third-order valence-corrected chi connectivity index (χ3v) is 5.64. The molecule has 3 aromatic rings. The molecule has 3 aromatic carbocycles. The highest BCUT2D eigenvalue weighted by atomic mass is 32.2. The van der Waals surface area contributed by atoms with Gasteiger partial charge in [0.2, 0.25) is 0 Å². The van der Waals surface area contributed by atoms with E-state index in [0.29, 0.717) is 11.1 Å². The van der Waals surface area contributed by atoms with E-state index < -0.39 is 30.0 Å². The van der Waals surface area contributed by atoms with E-state index in [9.17, 15) is 21.4 Å². The highest BCUT2D eigenvalue weighted by Crippen LogP contribution is 2.31. The smallest absolute Gasteiger partial charge is 0.282 e. The Bertz CT molecular complexity index is 1190. The van der Waals surface area contributed by atoms with Crippen LogP contribution in [0.4, 0.5) is 5.69 Å². The average Bonchev–Trinajstić information content (AvgIpc) is 2.60. The zero-order valence-electron chi connectivity index (χ0n) is 13.1. The van der Waals surface area contributed by atoms with Gasteiger partial charge in [-0.15, -0.1) is 5.11 Å². The summed E-state index contributed by atoms with van der Waals surface area (Å²) in [6.07, 6.45) is 0. The second kappa shape index (κ2) is 6.83. The number of fused-ring (bicyclic) bond motifs is 1. The molecule has 0 aliphatic heterocycles. The van der Waals surface area contributed by atoms with E-state index in [0.717, 1.165) is 6.07 Å². The van der Waals surface area contributed by atoms with Gasteiger partial charge < -0.3 is 0 Å². The molecule has 8 nitrogen and oxygen atoms in total. The van der Waals surface area contributed by atoms with E-state index >= 15 is 0 Å². The Hall–Kier alpha value is -2.82. The predicted molar refractivity (Wildman–Crippen MR) is 93.0 cm³/mol. The van der Waals surface area contributed by atoms with Crippen LogP contribution in [0.25, 0.3) is 10.8 Å². The van der Waals surface area contributed by atoms with Gasteiger partial charge in [-0.3, -0.25) is 4.55 Å². The maximum Gasteiger partial charge on any atom is 0.361 e. The van der Waals surface area contributed by atoms with Crippen LogP contribution in [-0.2, 0) is 24.5 Å². The largest absolute Gasteiger partial charge is 0.361 e. The molecule has 10 heteroatoms. The summed E-state index contributed by atoms with van der Waals surface area (Å²) >= 11 is 0. The molecule has 0 saturated heterocycles. The Balaban J connectivity index is 2.11. The lowest BCUT2D eigenvalue weighted by atomic mass is 10.1. The lowest BCUT2D eigenvalue weighted by Crippen LogP contribution is -2.10. The van der Waals surface area contributed by atoms with Crippen molar-refractivity contribution in [3.63, 3.8) is 0 Å². The summed E-state index contributed by atoms with van der Waals surface area (Å²) in [7, 11) is -9.49. The Morgan fingerprint density at radius 1 is 0.808 bits per heavy atom. The van der Waals surface area contributed by atoms with Crippen LogP contribution in [0.3, 0.4) is 0 Å². The summed E-state index contributed by atoms with van der Waals surface area (Å²) in [6, 6.07) is 16.8. The molecule has 0 aliphatic rings. The number of rotatable bonds is 5. The fourth-order valence-corrected chi connectivity index (χ4v) is 4.50. The topological polar surface area (TPSA) is 122 Å². The first kappa shape index (κ1) is 18.0. The van der Waals surface area contributed by atoms with Crippen LogP contribution >= 0.6 is 0 Å². The predicted octanol–water partition coefficient (Wildman–Crippen LogP) is 3.49. The molecule has 0 unspecified atom stereocenters. The van der Waals surface area contributed by atoms with Gasteiger partial charge in [0.05, 0.1) is 5.69 Å².